The maximum atomic E-state index is 11.5. The SMILES string of the molecule is O=c1[nH]c2c(c(=O)[nH]1)Cc1c([nH]c(=O)[nH]c1=O)O2. The van der Waals surface area contributed by atoms with E-state index in [4.69, 9.17) is 4.74 Å². The van der Waals surface area contributed by atoms with Gasteiger partial charge in [0.15, 0.2) is 0 Å². The number of fused-ring (bicyclic) bond motifs is 2. The van der Waals surface area contributed by atoms with Gasteiger partial charge in [-0.1, -0.05) is 0 Å². The van der Waals surface area contributed by atoms with Crippen LogP contribution < -0.4 is 27.2 Å². The first-order valence-electron chi connectivity index (χ1n) is 4.93. The van der Waals surface area contributed by atoms with Gasteiger partial charge in [-0.2, -0.15) is 0 Å². The van der Waals surface area contributed by atoms with Gasteiger partial charge in [-0.05, 0) is 0 Å². The standard InChI is InChI=1S/C9H6N4O5/c14-4-2-1-3-5(15)11-9(17)13-7(3)18-6(2)12-8(16)10-4/h1H2,(H2,10,12,14,16)(H2,11,13,15,17). The number of aromatic nitrogens is 4. The third kappa shape index (κ3) is 1.41. The Balaban J connectivity index is 2.30. The fraction of sp³-hybridized carbons (Fsp3) is 0.111. The minimum atomic E-state index is -0.727. The molecular weight excluding hydrogens is 244 g/mol. The molecule has 3 heterocycles. The smallest absolute Gasteiger partial charge is 0.328 e. The van der Waals surface area contributed by atoms with Gasteiger partial charge in [0.2, 0.25) is 11.8 Å². The highest BCUT2D eigenvalue weighted by Crippen LogP contribution is 2.27. The van der Waals surface area contributed by atoms with Gasteiger partial charge in [-0.25, -0.2) is 9.59 Å². The second kappa shape index (κ2) is 3.32. The molecule has 1 aliphatic rings. The molecule has 0 aliphatic carbocycles. The molecule has 0 atom stereocenters. The molecule has 0 saturated heterocycles. The van der Waals surface area contributed by atoms with Crippen molar-refractivity contribution in [2.45, 2.75) is 6.42 Å². The van der Waals surface area contributed by atoms with Crippen molar-refractivity contribution < 1.29 is 4.74 Å². The first-order valence-corrected chi connectivity index (χ1v) is 4.93. The zero-order valence-corrected chi connectivity index (χ0v) is 8.75. The number of aromatic amines is 4. The van der Waals surface area contributed by atoms with Crippen LogP contribution in [0.15, 0.2) is 19.2 Å². The quantitative estimate of drug-likeness (QED) is 0.370. The predicted molar refractivity (Wildman–Crippen MR) is 58.2 cm³/mol. The number of ether oxygens (including phenoxy) is 1. The van der Waals surface area contributed by atoms with Gasteiger partial charge in [0.25, 0.3) is 11.1 Å². The van der Waals surface area contributed by atoms with Gasteiger partial charge in [0.1, 0.15) is 0 Å². The summed E-state index contributed by atoms with van der Waals surface area (Å²) in [5, 5.41) is 0. The van der Waals surface area contributed by atoms with E-state index in [-0.39, 0.29) is 29.3 Å². The fourth-order valence-electron chi connectivity index (χ4n) is 1.76. The van der Waals surface area contributed by atoms with Crippen LogP contribution in [0.1, 0.15) is 11.1 Å². The van der Waals surface area contributed by atoms with Gasteiger partial charge in [0, 0.05) is 6.42 Å². The molecule has 0 radical (unpaired) electrons. The highest BCUT2D eigenvalue weighted by atomic mass is 16.5. The highest BCUT2D eigenvalue weighted by Gasteiger charge is 2.24. The summed E-state index contributed by atoms with van der Waals surface area (Å²) in [6.45, 7) is 0. The number of nitrogens with one attached hydrogen (secondary N) is 4. The van der Waals surface area contributed by atoms with E-state index in [2.05, 4.69) is 9.97 Å². The molecule has 2 aromatic heterocycles. The van der Waals surface area contributed by atoms with Gasteiger partial charge < -0.3 is 4.74 Å². The van der Waals surface area contributed by atoms with E-state index in [9.17, 15) is 19.2 Å². The van der Waals surface area contributed by atoms with E-state index < -0.39 is 22.5 Å². The normalized spacial score (nSPS) is 12.4. The van der Waals surface area contributed by atoms with E-state index >= 15 is 0 Å². The topological polar surface area (TPSA) is 141 Å². The fourth-order valence-corrected chi connectivity index (χ4v) is 1.76. The molecule has 92 valence electrons. The Labute approximate surface area is 96.5 Å². The Bertz CT molecular complexity index is 796. The van der Waals surface area contributed by atoms with Crippen LogP contribution in [0.3, 0.4) is 0 Å². The van der Waals surface area contributed by atoms with Crippen molar-refractivity contribution in [3.8, 4) is 11.8 Å². The van der Waals surface area contributed by atoms with E-state index in [0.717, 1.165) is 0 Å². The molecule has 0 unspecified atom stereocenters. The summed E-state index contributed by atoms with van der Waals surface area (Å²) in [6.07, 6.45) is -0.0388. The first kappa shape index (κ1) is 10.3. The second-order valence-electron chi connectivity index (χ2n) is 3.71. The van der Waals surface area contributed by atoms with Crippen molar-refractivity contribution in [3.63, 3.8) is 0 Å². The Morgan fingerprint density at radius 1 is 0.722 bits per heavy atom. The van der Waals surface area contributed by atoms with Crippen molar-refractivity contribution in [1.29, 1.82) is 0 Å². The Morgan fingerprint density at radius 3 is 1.61 bits per heavy atom. The average molecular weight is 250 g/mol. The summed E-state index contributed by atoms with van der Waals surface area (Å²) >= 11 is 0. The molecule has 9 heteroatoms. The largest absolute Gasteiger partial charge is 0.423 e. The summed E-state index contributed by atoms with van der Waals surface area (Å²) in [5.41, 5.74) is -2.47. The van der Waals surface area contributed by atoms with Gasteiger partial charge in [0.05, 0.1) is 11.1 Å². The van der Waals surface area contributed by atoms with Crippen LogP contribution in [0.25, 0.3) is 0 Å². The van der Waals surface area contributed by atoms with Crippen molar-refractivity contribution in [2.75, 3.05) is 0 Å². The molecule has 0 bridgehead atoms. The molecule has 0 saturated carbocycles. The van der Waals surface area contributed by atoms with Crippen LogP contribution in [0.4, 0.5) is 0 Å². The van der Waals surface area contributed by atoms with E-state index in [1.807, 2.05) is 9.97 Å². The Morgan fingerprint density at radius 2 is 1.17 bits per heavy atom. The van der Waals surface area contributed by atoms with Crippen LogP contribution in [0.5, 0.6) is 11.8 Å². The van der Waals surface area contributed by atoms with Crippen LogP contribution in [0, 0.1) is 0 Å². The molecule has 9 nitrogen and oxygen atoms in total. The molecule has 0 amide bonds. The summed E-state index contributed by atoms with van der Waals surface area (Å²) in [4.78, 5) is 53.8. The Kier molecular flexibility index (Phi) is 1.91. The minimum absolute atomic E-state index is 0.0388. The van der Waals surface area contributed by atoms with Crippen molar-refractivity contribution in [3.05, 3.63) is 52.8 Å². The third-order valence-corrected chi connectivity index (χ3v) is 2.56. The van der Waals surface area contributed by atoms with Crippen LogP contribution in [-0.2, 0) is 6.42 Å². The van der Waals surface area contributed by atoms with Crippen LogP contribution in [0.2, 0.25) is 0 Å². The lowest BCUT2D eigenvalue weighted by Crippen LogP contribution is -2.33. The summed E-state index contributed by atoms with van der Waals surface area (Å²) in [5.74, 6) is -0.144. The van der Waals surface area contributed by atoms with Crippen LogP contribution in [-0.4, -0.2) is 19.9 Å². The summed E-state index contributed by atoms with van der Waals surface area (Å²) in [6, 6.07) is 0. The maximum absolute atomic E-state index is 11.5. The number of rotatable bonds is 0. The van der Waals surface area contributed by atoms with E-state index in [0.29, 0.717) is 0 Å². The second-order valence-corrected chi connectivity index (χ2v) is 3.71. The first-order chi connectivity index (χ1) is 8.54. The maximum Gasteiger partial charge on any atom is 0.328 e. The van der Waals surface area contributed by atoms with E-state index in [1.54, 1.807) is 0 Å². The lowest BCUT2D eigenvalue weighted by molar-refractivity contribution is 0.412. The molecule has 0 fully saturated rings. The molecule has 18 heavy (non-hydrogen) atoms. The molecule has 0 aromatic carbocycles. The van der Waals surface area contributed by atoms with Crippen molar-refractivity contribution in [2.24, 2.45) is 0 Å². The molecule has 0 spiro atoms. The zero-order valence-electron chi connectivity index (χ0n) is 8.75. The van der Waals surface area contributed by atoms with Gasteiger partial charge >= 0.3 is 11.4 Å². The third-order valence-electron chi connectivity index (χ3n) is 2.56. The minimum Gasteiger partial charge on any atom is -0.423 e. The summed E-state index contributed by atoms with van der Waals surface area (Å²) < 4.78 is 5.15. The molecule has 1 aliphatic heterocycles. The number of H-pyrrole nitrogens is 4. The highest BCUT2D eigenvalue weighted by molar-refractivity contribution is 5.40. The predicted octanol–water partition coefficient (Wildman–Crippen LogP) is -1.86. The Hall–Kier alpha value is -2.84. The lowest BCUT2D eigenvalue weighted by atomic mass is 10.1. The number of hydrogen-bond acceptors (Lipinski definition) is 5. The molecule has 3 rings (SSSR count). The van der Waals surface area contributed by atoms with Crippen molar-refractivity contribution in [1.82, 2.24) is 19.9 Å². The molecular formula is C9H6N4O5. The zero-order chi connectivity index (χ0) is 12.9. The van der Waals surface area contributed by atoms with Gasteiger partial charge in [-0.3, -0.25) is 29.5 Å². The lowest BCUT2D eigenvalue weighted by Gasteiger charge is -2.16. The monoisotopic (exact) mass is 250 g/mol. The van der Waals surface area contributed by atoms with Crippen molar-refractivity contribution >= 4 is 0 Å². The molecule has 4 N–H and O–H groups in total. The average Bonchev–Trinajstić information content (AvgIpc) is 2.26. The number of hydrogen-bond donors (Lipinski definition) is 4. The molecule has 2 aromatic rings. The van der Waals surface area contributed by atoms with Crippen LogP contribution >= 0.6 is 0 Å². The van der Waals surface area contributed by atoms with Gasteiger partial charge in [-0.15, -0.1) is 0 Å². The van der Waals surface area contributed by atoms with E-state index in [1.165, 1.54) is 0 Å². The summed E-state index contributed by atoms with van der Waals surface area (Å²) in [7, 11) is 0.